The third-order valence-electron chi connectivity index (χ3n) is 2.37. The number of allylic oxidation sites excluding steroid dienone is 6. The summed E-state index contributed by atoms with van der Waals surface area (Å²) in [6.07, 6.45) is 9.90. The van der Waals surface area contributed by atoms with Crippen LogP contribution in [0.3, 0.4) is 0 Å². The second-order valence-electron chi connectivity index (χ2n) is 3.55. The Balaban J connectivity index is 0.000000114. The zero-order chi connectivity index (χ0) is 10.7. The maximum Gasteiger partial charge on any atom is 0.138 e. The van der Waals surface area contributed by atoms with Gasteiger partial charge >= 0.3 is 0 Å². The number of aromatic hydroxyl groups is 1. The molecule has 3 N–H and O–H groups in total. The number of rotatable bonds is 0. The predicted molar refractivity (Wildman–Crippen MR) is 62.4 cm³/mol. The average Bonchev–Trinajstić information content (AvgIpc) is 2.87. The molecule has 2 aliphatic carbocycles. The third-order valence-corrected chi connectivity index (χ3v) is 2.37. The number of anilines is 1. The Morgan fingerprint density at radius 3 is 1.87 bits per heavy atom. The zero-order valence-corrected chi connectivity index (χ0v) is 8.35. The minimum atomic E-state index is 0.146. The van der Waals surface area contributed by atoms with Gasteiger partial charge in [-0.05, 0) is 29.7 Å². The molecule has 2 bridgehead atoms. The minimum absolute atomic E-state index is 0.146. The van der Waals surface area contributed by atoms with Gasteiger partial charge in [-0.1, -0.05) is 36.4 Å². The van der Waals surface area contributed by atoms with Gasteiger partial charge in [0.05, 0.1) is 5.69 Å². The van der Waals surface area contributed by atoms with Gasteiger partial charge in [0.1, 0.15) is 5.75 Å². The average molecular weight is 199 g/mol. The molecule has 0 heterocycles. The fourth-order valence-electron chi connectivity index (χ4n) is 1.50. The number of para-hydroxylation sites is 2. The lowest BCUT2D eigenvalue weighted by molar-refractivity contribution is 0.478. The maximum atomic E-state index is 8.79. The van der Waals surface area contributed by atoms with Crippen LogP contribution in [0, 0.1) is 0 Å². The van der Waals surface area contributed by atoms with E-state index in [-0.39, 0.29) is 5.75 Å². The maximum absolute atomic E-state index is 8.79. The van der Waals surface area contributed by atoms with E-state index in [1.807, 2.05) is 0 Å². The number of phenols is 1. The Kier molecular flexibility index (Phi) is 2.59. The van der Waals surface area contributed by atoms with Crippen molar-refractivity contribution in [2.24, 2.45) is 0 Å². The molecule has 1 aromatic rings. The minimum Gasteiger partial charge on any atom is -0.506 e. The Hall–Kier alpha value is -1.96. The van der Waals surface area contributed by atoms with Crippen molar-refractivity contribution in [3.63, 3.8) is 0 Å². The van der Waals surface area contributed by atoms with E-state index in [4.69, 9.17) is 10.8 Å². The van der Waals surface area contributed by atoms with Gasteiger partial charge < -0.3 is 10.8 Å². The highest BCUT2D eigenvalue weighted by Gasteiger charge is 2.07. The monoisotopic (exact) mass is 199 g/mol. The van der Waals surface area contributed by atoms with E-state index >= 15 is 0 Å². The fraction of sp³-hybridized carbons (Fsp3) is 0.0769. The number of benzene rings is 1. The predicted octanol–water partition coefficient (Wildman–Crippen LogP) is 2.79. The standard InChI is InChI=1S/C7H6.C6H7NO/c1-2-7-4-3-6(1)5-7;7-5-3-1-2-4-6(5)8/h1-4H,5H2;1-4,8H,7H2. The molecule has 0 saturated carbocycles. The Labute approximate surface area is 89.0 Å². The number of hydrogen-bond donors (Lipinski definition) is 2. The van der Waals surface area contributed by atoms with Gasteiger partial charge in [-0.3, -0.25) is 0 Å². The molecular formula is C13H13NO. The summed E-state index contributed by atoms with van der Waals surface area (Å²) in [4.78, 5) is 0. The molecule has 76 valence electrons. The molecule has 2 nitrogen and oxygen atoms in total. The molecule has 0 saturated heterocycles. The van der Waals surface area contributed by atoms with Gasteiger partial charge in [0.15, 0.2) is 0 Å². The van der Waals surface area contributed by atoms with E-state index in [9.17, 15) is 0 Å². The zero-order valence-electron chi connectivity index (χ0n) is 8.35. The molecule has 0 aromatic heterocycles. The van der Waals surface area contributed by atoms with Crippen LogP contribution < -0.4 is 5.73 Å². The number of hydrogen-bond acceptors (Lipinski definition) is 2. The second-order valence-corrected chi connectivity index (χ2v) is 3.55. The fourth-order valence-corrected chi connectivity index (χ4v) is 1.50. The first-order valence-electron chi connectivity index (χ1n) is 4.87. The van der Waals surface area contributed by atoms with Crippen molar-refractivity contribution in [3.8, 4) is 5.75 Å². The van der Waals surface area contributed by atoms with E-state index in [0.29, 0.717) is 5.69 Å². The number of fused-ring (bicyclic) bond motifs is 2. The summed E-state index contributed by atoms with van der Waals surface area (Å²) in [5.74, 6) is 0.146. The van der Waals surface area contributed by atoms with Crippen molar-refractivity contribution in [2.75, 3.05) is 5.73 Å². The first kappa shape index (κ1) is 9.59. The normalized spacial score (nSPS) is 15.5. The van der Waals surface area contributed by atoms with E-state index in [1.54, 1.807) is 24.3 Å². The van der Waals surface area contributed by atoms with Crippen LogP contribution in [-0.2, 0) is 0 Å². The molecule has 0 unspecified atom stereocenters. The number of phenolic OH excluding ortho intramolecular Hbond substituents is 1. The van der Waals surface area contributed by atoms with Crippen molar-refractivity contribution in [3.05, 3.63) is 59.7 Å². The molecule has 0 amide bonds. The lowest BCUT2D eigenvalue weighted by atomic mass is 10.3. The first-order chi connectivity index (χ1) is 7.25. The molecule has 0 radical (unpaired) electrons. The van der Waals surface area contributed by atoms with Crippen LogP contribution in [0.2, 0.25) is 0 Å². The van der Waals surface area contributed by atoms with Crippen LogP contribution in [0.15, 0.2) is 59.7 Å². The van der Waals surface area contributed by atoms with Gasteiger partial charge in [-0.25, -0.2) is 0 Å². The molecule has 0 aliphatic heterocycles. The highest BCUT2D eigenvalue weighted by molar-refractivity contribution is 5.50. The lowest BCUT2D eigenvalue weighted by Gasteiger charge is -1.92. The van der Waals surface area contributed by atoms with E-state index in [0.717, 1.165) is 0 Å². The van der Waals surface area contributed by atoms with Gasteiger partial charge in [-0.2, -0.15) is 0 Å². The van der Waals surface area contributed by atoms with Gasteiger partial charge in [0, 0.05) is 0 Å². The lowest BCUT2D eigenvalue weighted by Crippen LogP contribution is -1.82. The molecule has 0 spiro atoms. The van der Waals surface area contributed by atoms with Crippen LogP contribution >= 0.6 is 0 Å². The number of nitrogen functional groups attached to an aromatic ring is 1. The molecule has 2 aliphatic rings. The van der Waals surface area contributed by atoms with Crippen molar-refractivity contribution in [2.45, 2.75) is 6.42 Å². The molecular weight excluding hydrogens is 186 g/mol. The van der Waals surface area contributed by atoms with Crippen molar-refractivity contribution in [1.82, 2.24) is 0 Å². The van der Waals surface area contributed by atoms with Crippen molar-refractivity contribution in [1.29, 1.82) is 0 Å². The molecule has 15 heavy (non-hydrogen) atoms. The summed E-state index contributed by atoms with van der Waals surface area (Å²) in [5.41, 5.74) is 8.63. The third kappa shape index (κ3) is 2.29. The number of nitrogens with two attached hydrogens (primary N) is 1. The highest BCUT2D eigenvalue weighted by atomic mass is 16.3. The van der Waals surface area contributed by atoms with Crippen LogP contribution in [0.25, 0.3) is 0 Å². The Bertz CT molecular complexity index is 414. The Morgan fingerprint density at radius 1 is 1.00 bits per heavy atom. The van der Waals surface area contributed by atoms with Crippen LogP contribution in [0.1, 0.15) is 6.42 Å². The van der Waals surface area contributed by atoms with Crippen LogP contribution in [0.4, 0.5) is 5.69 Å². The Morgan fingerprint density at radius 2 is 1.60 bits per heavy atom. The summed E-state index contributed by atoms with van der Waals surface area (Å²) < 4.78 is 0. The van der Waals surface area contributed by atoms with Crippen LogP contribution in [-0.4, -0.2) is 5.11 Å². The smallest absolute Gasteiger partial charge is 0.138 e. The molecule has 2 heteroatoms. The summed E-state index contributed by atoms with van der Waals surface area (Å²) in [6, 6.07) is 6.70. The van der Waals surface area contributed by atoms with E-state index < -0.39 is 0 Å². The molecule has 1 aromatic carbocycles. The highest BCUT2D eigenvalue weighted by Crippen LogP contribution is 2.27. The van der Waals surface area contributed by atoms with Gasteiger partial charge in [-0.15, -0.1) is 0 Å². The van der Waals surface area contributed by atoms with E-state index in [1.165, 1.54) is 17.6 Å². The topological polar surface area (TPSA) is 46.2 Å². The summed E-state index contributed by atoms with van der Waals surface area (Å²) >= 11 is 0. The summed E-state index contributed by atoms with van der Waals surface area (Å²) in [6.45, 7) is 0. The van der Waals surface area contributed by atoms with Crippen LogP contribution in [0.5, 0.6) is 5.75 Å². The molecule has 0 fully saturated rings. The van der Waals surface area contributed by atoms with Gasteiger partial charge in [0.2, 0.25) is 0 Å². The van der Waals surface area contributed by atoms with Crippen molar-refractivity contribution < 1.29 is 5.11 Å². The molecule has 0 atom stereocenters. The van der Waals surface area contributed by atoms with Crippen molar-refractivity contribution >= 4 is 5.69 Å². The SMILES string of the molecule is C1=CC2=CC=C1C2.Nc1ccccc1O. The summed E-state index contributed by atoms with van der Waals surface area (Å²) in [7, 11) is 0. The van der Waals surface area contributed by atoms with E-state index in [2.05, 4.69) is 24.3 Å². The first-order valence-corrected chi connectivity index (χ1v) is 4.87. The molecule has 3 rings (SSSR count). The summed E-state index contributed by atoms with van der Waals surface area (Å²) in [5, 5.41) is 8.79. The second kappa shape index (κ2) is 4.05. The van der Waals surface area contributed by atoms with Gasteiger partial charge in [0.25, 0.3) is 0 Å². The quantitative estimate of drug-likeness (QED) is 0.498. The largest absolute Gasteiger partial charge is 0.506 e.